The largest absolute Gasteiger partial charge is 0.744 e. The minimum atomic E-state index is -4.69. The van der Waals surface area contributed by atoms with E-state index in [1.807, 2.05) is 18.2 Å². The van der Waals surface area contributed by atoms with Crippen LogP contribution in [-0.2, 0) is 33.1 Å². The molecule has 39 heavy (non-hydrogen) atoms. The molecular formula is C31H35O6S2-. The first kappa shape index (κ1) is 26.8. The van der Waals surface area contributed by atoms with Crippen molar-refractivity contribution in [2.75, 3.05) is 0 Å². The third-order valence-corrected chi connectivity index (χ3v) is 11.3. The van der Waals surface area contributed by atoms with Crippen molar-refractivity contribution in [1.29, 1.82) is 0 Å². The Hall–Kier alpha value is -2.42. The normalized spacial score (nSPS) is 19.3. The fraction of sp³-hybridized carbons (Fsp3) is 0.484. The molecule has 3 aromatic rings. The molecule has 2 fully saturated rings. The van der Waals surface area contributed by atoms with Gasteiger partial charge >= 0.3 is 10.1 Å². The maximum absolute atomic E-state index is 14.5. The molecule has 0 saturated heterocycles. The van der Waals surface area contributed by atoms with E-state index in [2.05, 4.69) is 12.1 Å². The van der Waals surface area contributed by atoms with Crippen LogP contribution in [0, 0.1) is 0 Å². The van der Waals surface area contributed by atoms with Crippen molar-refractivity contribution < 1.29 is 25.6 Å². The molecule has 3 aliphatic rings. The van der Waals surface area contributed by atoms with Gasteiger partial charge in [0.15, 0.2) is 0 Å². The monoisotopic (exact) mass is 567 g/mol. The lowest BCUT2D eigenvalue weighted by Crippen LogP contribution is -2.19. The van der Waals surface area contributed by atoms with Gasteiger partial charge in [-0.15, -0.1) is 0 Å². The van der Waals surface area contributed by atoms with Crippen LogP contribution in [0.25, 0.3) is 10.8 Å². The molecule has 0 spiro atoms. The molecule has 3 aromatic carbocycles. The second kappa shape index (κ2) is 10.5. The van der Waals surface area contributed by atoms with Crippen LogP contribution in [0.1, 0.15) is 105 Å². The number of fused-ring (bicyclic) bond motifs is 2. The summed E-state index contributed by atoms with van der Waals surface area (Å²) in [5.74, 6) is 0.463. The average molecular weight is 568 g/mol. The number of rotatable bonds is 6. The smallest absolute Gasteiger partial charge is 0.339 e. The summed E-state index contributed by atoms with van der Waals surface area (Å²) in [6, 6.07) is 12.7. The molecule has 0 heterocycles. The zero-order valence-electron chi connectivity index (χ0n) is 22.2. The van der Waals surface area contributed by atoms with Gasteiger partial charge in [-0.3, -0.25) is 0 Å². The van der Waals surface area contributed by atoms with Gasteiger partial charge < -0.3 is 8.74 Å². The van der Waals surface area contributed by atoms with E-state index in [0.29, 0.717) is 28.9 Å². The second-order valence-corrected chi connectivity index (χ2v) is 14.3. The number of hydrogen-bond acceptors (Lipinski definition) is 6. The number of benzene rings is 3. The molecule has 3 aliphatic carbocycles. The van der Waals surface area contributed by atoms with E-state index in [0.717, 1.165) is 92.5 Å². The van der Waals surface area contributed by atoms with Gasteiger partial charge in [0.25, 0.3) is 0 Å². The zero-order valence-corrected chi connectivity index (χ0v) is 23.8. The lowest BCUT2D eigenvalue weighted by atomic mass is 9.86. The predicted octanol–water partition coefficient (Wildman–Crippen LogP) is 7.10. The minimum absolute atomic E-state index is 0.148. The first-order chi connectivity index (χ1) is 18.7. The van der Waals surface area contributed by atoms with Crippen LogP contribution in [0.3, 0.4) is 0 Å². The van der Waals surface area contributed by atoms with Crippen molar-refractivity contribution in [3.63, 3.8) is 0 Å². The van der Waals surface area contributed by atoms with Crippen LogP contribution in [-0.4, -0.2) is 21.4 Å². The van der Waals surface area contributed by atoms with Gasteiger partial charge in [0.05, 0.1) is 4.90 Å². The third kappa shape index (κ3) is 5.11. The van der Waals surface area contributed by atoms with Gasteiger partial charge in [0, 0.05) is 5.56 Å². The van der Waals surface area contributed by atoms with E-state index in [1.54, 1.807) is 0 Å². The maximum Gasteiger partial charge on any atom is 0.339 e. The van der Waals surface area contributed by atoms with Crippen molar-refractivity contribution in [2.45, 2.75) is 105 Å². The molecule has 6 rings (SSSR count). The minimum Gasteiger partial charge on any atom is -0.744 e. The fourth-order valence-corrected chi connectivity index (χ4v) is 9.57. The Balaban J connectivity index is 1.55. The predicted molar refractivity (Wildman–Crippen MR) is 150 cm³/mol. The van der Waals surface area contributed by atoms with Crippen LogP contribution in [0.5, 0.6) is 5.75 Å². The summed E-state index contributed by atoms with van der Waals surface area (Å²) in [5, 5.41) is 2.04. The van der Waals surface area contributed by atoms with Gasteiger partial charge in [-0.05, 0) is 109 Å². The molecule has 0 radical (unpaired) electrons. The highest BCUT2D eigenvalue weighted by Crippen LogP contribution is 2.47. The van der Waals surface area contributed by atoms with E-state index in [1.165, 1.54) is 12.1 Å². The molecule has 2 saturated carbocycles. The summed E-state index contributed by atoms with van der Waals surface area (Å²) >= 11 is 0. The molecule has 0 N–H and O–H groups in total. The van der Waals surface area contributed by atoms with Gasteiger partial charge in [0.2, 0.25) is 0 Å². The van der Waals surface area contributed by atoms with Crippen molar-refractivity contribution in [3.05, 3.63) is 64.7 Å². The average Bonchev–Trinajstić information content (AvgIpc) is 3.58. The molecule has 208 valence electrons. The van der Waals surface area contributed by atoms with Crippen molar-refractivity contribution in [3.8, 4) is 5.75 Å². The lowest BCUT2D eigenvalue weighted by Gasteiger charge is -2.25. The van der Waals surface area contributed by atoms with Crippen molar-refractivity contribution in [2.24, 2.45) is 0 Å². The summed E-state index contributed by atoms with van der Waals surface area (Å²) in [4.78, 5) is 0.0658. The van der Waals surface area contributed by atoms with Crippen LogP contribution >= 0.6 is 0 Å². The van der Waals surface area contributed by atoms with Crippen molar-refractivity contribution >= 4 is 31.0 Å². The number of hydrogen-bond donors (Lipinski definition) is 0. The molecule has 6 nitrogen and oxygen atoms in total. The first-order valence-corrected chi connectivity index (χ1v) is 17.2. The summed E-state index contributed by atoms with van der Waals surface area (Å²) in [5.41, 5.74) is 2.70. The van der Waals surface area contributed by atoms with E-state index >= 15 is 0 Å². The Bertz CT molecular complexity index is 1610. The summed E-state index contributed by atoms with van der Waals surface area (Å²) in [7, 11) is -8.95. The molecule has 0 aliphatic heterocycles. The SMILES string of the molecule is O=S(=O)([O-])c1ccc(OS(=O)(=O)c2c(C3CCCC3)cc3ccccc3c2C2CCCC2)c2c1CCCCC2. The van der Waals surface area contributed by atoms with Crippen molar-refractivity contribution in [1.82, 2.24) is 0 Å². The Morgan fingerprint density at radius 1 is 0.718 bits per heavy atom. The Morgan fingerprint density at radius 2 is 1.36 bits per heavy atom. The highest BCUT2D eigenvalue weighted by Gasteiger charge is 2.36. The Kier molecular flexibility index (Phi) is 7.23. The summed E-state index contributed by atoms with van der Waals surface area (Å²) < 4.78 is 71.0. The van der Waals surface area contributed by atoms with E-state index in [-0.39, 0.29) is 22.5 Å². The van der Waals surface area contributed by atoms with Crippen LogP contribution in [0.4, 0.5) is 0 Å². The van der Waals surface area contributed by atoms with Crippen LogP contribution in [0.15, 0.2) is 52.3 Å². The summed E-state index contributed by atoms with van der Waals surface area (Å²) in [6.45, 7) is 0. The van der Waals surface area contributed by atoms with Gasteiger partial charge in [-0.1, -0.05) is 56.4 Å². The first-order valence-electron chi connectivity index (χ1n) is 14.3. The van der Waals surface area contributed by atoms with E-state index < -0.39 is 20.2 Å². The lowest BCUT2D eigenvalue weighted by molar-refractivity contribution is 0.461. The quantitative estimate of drug-likeness (QED) is 0.179. The van der Waals surface area contributed by atoms with Crippen LogP contribution in [0.2, 0.25) is 0 Å². The fourth-order valence-electron chi connectivity index (χ4n) is 7.27. The highest BCUT2D eigenvalue weighted by molar-refractivity contribution is 7.87. The Labute approximate surface area is 231 Å². The molecule has 0 bridgehead atoms. The van der Waals surface area contributed by atoms with Gasteiger partial charge in [-0.2, -0.15) is 8.42 Å². The van der Waals surface area contributed by atoms with Gasteiger partial charge in [-0.25, -0.2) is 8.42 Å². The molecular weight excluding hydrogens is 532 g/mol. The zero-order chi connectivity index (χ0) is 27.2. The highest BCUT2D eigenvalue weighted by atomic mass is 32.2. The molecule has 0 amide bonds. The molecule has 0 atom stereocenters. The maximum atomic E-state index is 14.5. The van der Waals surface area contributed by atoms with E-state index in [4.69, 9.17) is 4.18 Å². The summed E-state index contributed by atoms with van der Waals surface area (Å²) in [6.07, 6.45) is 11.4. The Morgan fingerprint density at radius 3 is 2.05 bits per heavy atom. The second-order valence-electron chi connectivity index (χ2n) is 11.5. The van der Waals surface area contributed by atoms with Crippen LogP contribution < -0.4 is 4.18 Å². The molecule has 8 heteroatoms. The van der Waals surface area contributed by atoms with Gasteiger partial charge in [0.1, 0.15) is 20.8 Å². The molecule has 0 unspecified atom stereocenters. The topological polar surface area (TPSA) is 101 Å². The standard InChI is InChI=1S/C31H36O6S2/c32-38(33,34)29-19-18-28(25-16-2-1-3-17-26(25)29)37-39(35,36)31-27(21-10-4-5-11-21)20-23-14-8-9-15-24(23)30(31)22-12-6-7-13-22/h8-9,14-15,18-22H,1-7,10-13,16-17H2,(H,32,33,34)/p-1. The molecule has 0 aromatic heterocycles. The third-order valence-electron chi connectivity index (χ3n) is 9.04. The van der Waals surface area contributed by atoms with E-state index in [9.17, 15) is 21.4 Å².